The van der Waals surface area contributed by atoms with Crippen LogP contribution < -0.4 is 15.4 Å². The van der Waals surface area contributed by atoms with Crippen LogP contribution in [0, 0.1) is 0 Å². The highest BCUT2D eigenvalue weighted by Crippen LogP contribution is 2.22. The van der Waals surface area contributed by atoms with Gasteiger partial charge in [-0.15, -0.1) is 13.2 Å². The molecular weight excluding hydrogens is 261 g/mol. The normalized spacial score (nSPS) is 19.3. The predicted molar refractivity (Wildman–Crippen MR) is 61.4 cm³/mol. The fraction of sp³-hybridized carbons (Fsp3) is 0.417. The summed E-state index contributed by atoms with van der Waals surface area (Å²) in [6.07, 6.45) is -4.25. The summed E-state index contributed by atoms with van der Waals surface area (Å²) in [7, 11) is 0. The monoisotopic (exact) mass is 274 g/mol. The number of nitrogens with one attached hydrogen (secondary N) is 2. The van der Waals surface area contributed by atoms with Gasteiger partial charge in [0.2, 0.25) is 5.91 Å². The maximum atomic E-state index is 12.0. The molecule has 1 aromatic carbocycles. The first-order valence-electron chi connectivity index (χ1n) is 5.77. The Morgan fingerprint density at radius 2 is 2.00 bits per heavy atom. The van der Waals surface area contributed by atoms with Gasteiger partial charge in [0.25, 0.3) is 0 Å². The molecule has 0 bridgehead atoms. The van der Waals surface area contributed by atoms with Crippen LogP contribution in [0.1, 0.15) is 12.0 Å². The van der Waals surface area contributed by atoms with E-state index < -0.39 is 6.36 Å². The van der Waals surface area contributed by atoms with Crippen molar-refractivity contribution in [3.8, 4) is 5.75 Å². The lowest BCUT2D eigenvalue weighted by Gasteiger charge is -2.11. The van der Waals surface area contributed by atoms with E-state index in [0.717, 1.165) is 5.56 Å². The van der Waals surface area contributed by atoms with Gasteiger partial charge in [-0.25, -0.2) is 0 Å². The summed E-state index contributed by atoms with van der Waals surface area (Å²) in [4.78, 5) is 11.0. The Kier molecular flexibility index (Phi) is 3.94. The Hall–Kier alpha value is -1.76. The molecule has 1 aromatic rings. The highest BCUT2D eigenvalue weighted by Gasteiger charge is 2.30. The summed E-state index contributed by atoms with van der Waals surface area (Å²) < 4.78 is 39.6. The third-order valence-electron chi connectivity index (χ3n) is 2.73. The van der Waals surface area contributed by atoms with E-state index in [1.807, 2.05) is 0 Å². The van der Waals surface area contributed by atoms with Gasteiger partial charge in [-0.1, -0.05) is 12.1 Å². The minimum atomic E-state index is -4.67. The van der Waals surface area contributed by atoms with Crippen molar-refractivity contribution in [2.75, 3.05) is 6.54 Å². The number of hydrogen-bond donors (Lipinski definition) is 2. The van der Waals surface area contributed by atoms with E-state index >= 15 is 0 Å². The quantitative estimate of drug-likeness (QED) is 0.876. The van der Waals surface area contributed by atoms with Crippen molar-refractivity contribution in [2.45, 2.75) is 25.4 Å². The fourth-order valence-electron chi connectivity index (χ4n) is 1.82. The largest absolute Gasteiger partial charge is 0.573 e. The molecule has 1 aliphatic heterocycles. The Balaban J connectivity index is 1.83. The topological polar surface area (TPSA) is 50.4 Å². The van der Waals surface area contributed by atoms with Gasteiger partial charge < -0.3 is 15.4 Å². The molecule has 2 N–H and O–H groups in total. The second-order valence-electron chi connectivity index (χ2n) is 4.28. The molecule has 19 heavy (non-hydrogen) atoms. The summed E-state index contributed by atoms with van der Waals surface area (Å²) >= 11 is 0. The van der Waals surface area contributed by atoms with E-state index in [-0.39, 0.29) is 17.7 Å². The van der Waals surface area contributed by atoms with Gasteiger partial charge in [0.05, 0.1) is 0 Å². The molecule has 0 aromatic heterocycles. The Labute approximate surface area is 107 Å². The average Bonchev–Trinajstić information content (AvgIpc) is 2.72. The lowest BCUT2D eigenvalue weighted by molar-refractivity contribution is -0.274. The van der Waals surface area contributed by atoms with Crippen LogP contribution in [0.15, 0.2) is 24.3 Å². The molecule has 1 aliphatic rings. The van der Waals surface area contributed by atoms with Crippen molar-refractivity contribution in [3.05, 3.63) is 29.8 Å². The van der Waals surface area contributed by atoms with Crippen LogP contribution in [0.3, 0.4) is 0 Å². The van der Waals surface area contributed by atoms with Crippen LogP contribution in [0.25, 0.3) is 0 Å². The molecule has 0 radical (unpaired) electrons. The molecular formula is C12H13F3N2O2. The number of rotatable bonds is 4. The first-order chi connectivity index (χ1) is 8.92. The summed E-state index contributed by atoms with van der Waals surface area (Å²) in [6, 6.07) is 5.71. The molecule has 1 fully saturated rings. The molecule has 0 spiro atoms. The zero-order valence-corrected chi connectivity index (χ0v) is 9.96. The van der Waals surface area contributed by atoms with Gasteiger partial charge in [-0.05, 0) is 17.7 Å². The standard InChI is InChI=1S/C12H13F3N2O2/c13-12(14,15)19-10-3-1-8(2-4-10)6-16-9-5-11(18)17-7-9/h1-4,9,16H,5-7H2,(H,17,18). The Morgan fingerprint density at radius 3 is 2.53 bits per heavy atom. The van der Waals surface area contributed by atoms with E-state index in [1.165, 1.54) is 12.1 Å². The van der Waals surface area contributed by atoms with Gasteiger partial charge in [0.1, 0.15) is 5.75 Å². The second-order valence-corrected chi connectivity index (χ2v) is 4.28. The molecule has 0 aliphatic carbocycles. The number of benzene rings is 1. The van der Waals surface area contributed by atoms with Gasteiger partial charge in [0, 0.05) is 25.6 Å². The molecule has 1 heterocycles. The smallest absolute Gasteiger partial charge is 0.406 e. The molecule has 1 amide bonds. The minimum absolute atomic E-state index is 0.00595. The first-order valence-corrected chi connectivity index (χ1v) is 5.77. The van der Waals surface area contributed by atoms with Crippen molar-refractivity contribution < 1.29 is 22.7 Å². The molecule has 1 unspecified atom stereocenters. The van der Waals surface area contributed by atoms with Crippen LogP contribution >= 0.6 is 0 Å². The highest BCUT2D eigenvalue weighted by molar-refractivity contribution is 5.78. The molecule has 7 heteroatoms. The van der Waals surface area contributed by atoms with Gasteiger partial charge in [0.15, 0.2) is 0 Å². The first kappa shape index (κ1) is 13.7. The number of ether oxygens (including phenoxy) is 1. The van der Waals surface area contributed by atoms with Crippen molar-refractivity contribution in [1.82, 2.24) is 10.6 Å². The zero-order chi connectivity index (χ0) is 13.9. The van der Waals surface area contributed by atoms with E-state index in [9.17, 15) is 18.0 Å². The van der Waals surface area contributed by atoms with Crippen molar-refractivity contribution in [1.29, 1.82) is 0 Å². The van der Waals surface area contributed by atoms with Crippen LogP contribution in [0.2, 0.25) is 0 Å². The SMILES string of the molecule is O=C1CC(NCc2ccc(OC(F)(F)F)cc2)CN1. The third kappa shape index (κ3) is 4.44. The lowest BCUT2D eigenvalue weighted by atomic mass is 10.2. The molecule has 1 atom stereocenters. The lowest BCUT2D eigenvalue weighted by Crippen LogP contribution is -2.30. The summed E-state index contributed by atoms with van der Waals surface area (Å²) in [5, 5.41) is 5.84. The summed E-state index contributed by atoms with van der Waals surface area (Å²) in [5.74, 6) is -0.236. The number of carbonyl (C=O) groups is 1. The maximum absolute atomic E-state index is 12.0. The second kappa shape index (κ2) is 5.48. The van der Waals surface area contributed by atoms with Crippen LogP contribution in [-0.4, -0.2) is 24.9 Å². The van der Waals surface area contributed by atoms with Crippen LogP contribution in [0.5, 0.6) is 5.75 Å². The van der Waals surface area contributed by atoms with Crippen molar-refractivity contribution >= 4 is 5.91 Å². The summed E-state index contributed by atoms with van der Waals surface area (Å²) in [5.41, 5.74) is 0.828. The third-order valence-corrected chi connectivity index (χ3v) is 2.73. The molecule has 104 valence electrons. The van der Waals surface area contributed by atoms with Crippen LogP contribution in [0.4, 0.5) is 13.2 Å². The summed E-state index contributed by atoms with van der Waals surface area (Å²) in [6.45, 7) is 1.07. The van der Waals surface area contributed by atoms with E-state index in [4.69, 9.17) is 0 Å². The zero-order valence-electron chi connectivity index (χ0n) is 9.96. The average molecular weight is 274 g/mol. The Bertz CT molecular complexity index is 445. The number of halogens is 3. The molecule has 2 rings (SSSR count). The number of alkyl halides is 3. The predicted octanol–water partition coefficient (Wildman–Crippen LogP) is 1.56. The number of hydrogen-bond acceptors (Lipinski definition) is 3. The number of carbonyl (C=O) groups excluding carboxylic acids is 1. The van der Waals surface area contributed by atoms with Gasteiger partial charge >= 0.3 is 6.36 Å². The van der Waals surface area contributed by atoms with Crippen LogP contribution in [-0.2, 0) is 11.3 Å². The minimum Gasteiger partial charge on any atom is -0.406 e. The molecule has 1 saturated heterocycles. The van der Waals surface area contributed by atoms with E-state index in [1.54, 1.807) is 12.1 Å². The molecule has 0 saturated carbocycles. The fourth-order valence-corrected chi connectivity index (χ4v) is 1.82. The maximum Gasteiger partial charge on any atom is 0.573 e. The van der Waals surface area contributed by atoms with Gasteiger partial charge in [-0.2, -0.15) is 0 Å². The Morgan fingerprint density at radius 1 is 1.32 bits per heavy atom. The van der Waals surface area contributed by atoms with Crippen molar-refractivity contribution in [2.24, 2.45) is 0 Å². The van der Waals surface area contributed by atoms with Gasteiger partial charge in [-0.3, -0.25) is 4.79 Å². The van der Waals surface area contributed by atoms with Crippen molar-refractivity contribution in [3.63, 3.8) is 0 Å². The molecule has 4 nitrogen and oxygen atoms in total. The highest BCUT2D eigenvalue weighted by atomic mass is 19.4. The van der Waals surface area contributed by atoms with E-state index in [0.29, 0.717) is 19.5 Å². The van der Waals surface area contributed by atoms with E-state index in [2.05, 4.69) is 15.4 Å². The number of amides is 1.